The van der Waals surface area contributed by atoms with Gasteiger partial charge in [-0.2, -0.15) is 10.2 Å². The Labute approximate surface area is 141 Å². The second-order valence-corrected chi connectivity index (χ2v) is 6.46. The molecule has 0 aromatic carbocycles. The molecule has 0 bridgehead atoms. The lowest BCUT2D eigenvalue weighted by Gasteiger charge is -2.32. The number of hydrogen-bond donors (Lipinski definition) is 1. The van der Waals surface area contributed by atoms with E-state index in [1.165, 1.54) is 0 Å². The summed E-state index contributed by atoms with van der Waals surface area (Å²) in [7, 11) is 0. The van der Waals surface area contributed by atoms with Gasteiger partial charge in [-0.1, -0.05) is 13.8 Å². The van der Waals surface area contributed by atoms with Crippen molar-refractivity contribution in [2.75, 3.05) is 19.7 Å². The number of nitrogens with one attached hydrogen (secondary N) is 1. The third kappa shape index (κ3) is 3.81. The maximum absolute atomic E-state index is 12.5. The van der Waals surface area contributed by atoms with Crippen LogP contribution < -0.4 is 0 Å². The predicted octanol–water partition coefficient (Wildman–Crippen LogP) is 1.42. The van der Waals surface area contributed by atoms with Gasteiger partial charge < -0.3 is 9.64 Å². The zero-order valence-electron chi connectivity index (χ0n) is 14.4. The quantitative estimate of drug-likeness (QED) is 0.894. The first-order chi connectivity index (χ1) is 11.5. The SMILES string of the molecule is Cc1cnn(CCC(=O)N2CCO[C@@H](c3nc(C(C)C)n[nH]3)C2)c1. The van der Waals surface area contributed by atoms with Crippen molar-refractivity contribution in [1.82, 2.24) is 29.9 Å². The number of rotatable bonds is 5. The van der Waals surface area contributed by atoms with Gasteiger partial charge in [-0.15, -0.1) is 0 Å². The van der Waals surface area contributed by atoms with Gasteiger partial charge >= 0.3 is 0 Å². The highest BCUT2D eigenvalue weighted by Crippen LogP contribution is 2.21. The number of amides is 1. The molecule has 0 aliphatic carbocycles. The Kier molecular flexibility index (Phi) is 4.94. The molecule has 130 valence electrons. The van der Waals surface area contributed by atoms with E-state index >= 15 is 0 Å². The van der Waals surface area contributed by atoms with Crippen molar-refractivity contribution < 1.29 is 9.53 Å². The first-order valence-corrected chi connectivity index (χ1v) is 8.33. The van der Waals surface area contributed by atoms with E-state index in [2.05, 4.69) is 20.3 Å². The smallest absolute Gasteiger partial charge is 0.224 e. The van der Waals surface area contributed by atoms with Crippen LogP contribution in [0.15, 0.2) is 12.4 Å². The first kappa shape index (κ1) is 16.6. The molecule has 0 saturated carbocycles. The molecule has 8 heteroatoms. The molecule has 0 unspecified atom stereocenters. The van der Waals surface area contributed by atoms with Gasteiger partial charge in [0.05, 0.1) is 19.3 Å². The highest BCUT2D eigenvalue weighted by molar-refractivity contribution is 5.76. The minimum Gasteiger partial charge on any atom is -0.367 e. The zero-order chi connectivity index (χ0) is 17.1. The Hall–Kier alpha value is -2.22. The normalized spacial score (nSPS) is 18.3. The van der Waals surface area contributed by atoms with Crippen molar-refractivity contribution in [3.63, 3.8) is 0 Å². The molecule has 8 nitrogen and oxygen atoms in total. The van der Waals surface area contributed by atoms with Crippen LogP contribution in [0.1, 0.15) is 49.5 Å². The largest absolute Gasteiger partial charge is 0.367 e. The van der Waals surface area contributed by atoms with Crippen LogP contribution in [-0.4, -0.2) is 55.5 Å². The van der Waals surface area contributed by atoms with Crippen LogP contribution in [0, 0.1) is 6.92 Å². The topological polar surface area (TPSA) is 88.9 Å². The summed E-state index contributed by atoms with van der Waals surface area (Å²) in [6.45, 7) is 8.29. The van der Waals surface area contributed by atoms with Gasteiger partial charge in [0, 0.05) is 31.6 Å². The van der Waals surface area contributed by atoms with E-state index in [0.717, 1.165) is 11.4 Å². The fourth-order valence-corrected chi connectivity index (χ4v) is 2.69. The predicted molar refractivity (Wildman–Crippen MR) is 87.3 cm³/mol. The number of aromatic nitrogens is 5. The third-order valence-electron chi connectivity index (χ3n) is 4.08. The van der Waals surface area contributed by atoms with E-state index in [-0.39, 0.29) is 17.9 Å². The van der Waals surface area contributed by atoms with Gasteiger partial charge in [0.2, 0.25) is 5.91 Å². The highest BCUT2D eigenvalue weighted by atomic mass is 16.5. The maximum atomic E-state index is 12.5. The molecule has 1 N–H and O–H groups in total. The number of ether oxygens (including phenoxy) is 1. The van der Waals surface area contributed by atoms with E-state index < -0.39 is 0 Å². The van der Waals surface area contributed by atoms with Crippen molar-refractivity contribution >= 4 is 5.91 Å². The van der Waals surface area contributed by atoms with Crippen LogP contribution in [-0.2, 0) is 16.1 Å². The second-order valence-electron chi connectivity index (χ2n) is 6.46. The van der Waals surface area contributed by atoms with E-state index in [9.17, 15) is 4.79 Å². The van der Waals surface area contributed by atoms with E-state index in [4.69, 9.17) is 4.74 Å². The molecule has 0 spiro atoms. The third-order valence-corrected chi connectivity index (χ3v) is 4.08. The van der Waals surface area contributed by atoms with Gasteiger partial charge in [-0.05, 0) is 12.5 Å². The summed E-state index contributed by atoms with van der Waals surface area (Å²) in [4.78, 5) is 18.8. The van der Waals surface area contributed by atoms with E-state index in [1.807, 2.05) is 31.9 Å². The number of carbonyl (C=O) groups is 1. The molecule has 1 atom stereocenters. The molecule has 1 saturated heterocycles. The molecule has 0 radical (unpaired) electrons. The fourth-order valence-electron chi connectivity index (χ4n) is 2.69. The molecule has 1 aliphatic heterocycles. The standard InChI is InChI=1S/C16H24N6O2/c1-11(2)15-18-16(20-19-15)13-10-21(6-7-24-13)14(23)4-5-22-9-12(3)8-17-22/h8-9,11,13H,4-7,10H2,1-3H3,(H,18,19,20)/t13-/m1/s1. The monoisotopic (exact) mass is 332 g/mol. The van der Waals surface area contributed by atoms with E-state index in [0.29, 0.717) is 38.5 Å². The molecule has 24 heavy (non-hydrogen) atoms. The van der Waals surface area contributed by atoms with Gasteiger partial charge in [0.1, 0.15) is 6.10 Å². The Bertz CT molecular complexity index is 692. The summed E-state index contributed by atoms with van der Waals surface area (Å²) in [6.07, 6.45) is 3.93. The molecule has 1 amide bonds. The highest BCUT2D eigenvalue weighted by Gasteiger charge is 2.27. The lowest BCUT2D eigenvalue weighted by molar-refractivity contribution is -0.139. The summed E-state index contributed by atoms with van der Waals surface area (Å²) in [5.41, 5.74) is 1.10. The summed E-state index contributed by atoms with van der Waals surface area (Å²) in [5, 5.41) is 11.4. The second kappa shape index (κ2) is 7.12. The Morgan fingerprint density at radius 1 is 1.50 bits per heavy atom. The first-order valence-electron chi connectivity index (χ1n) is 8.33. The van der Waals surface area contributed by atoms with Crippen molar-refractivity contribution in [1.29, 1.82) is 0 Å². The van der Waals surface area contributed by atoms with Crippen LogP contribution >= 0.6 is 0 Å². The number of carbonyl (C=O) groups excluding carboxylic acids is 1. The van der Waals surface area contributed by atoms with Gasteiger partial charge in [0.25, 0.3) is 0 Å². The number of hydrogen-bond acceptors (Lipinski definition) is 5. The van der Waals surface area contributed by atoms with Crippen LogP contribution in [0.25, 0.3) is 0 Å². The molecule has 1 aliphatic rings. The molecule has 2 aromatic rings. The number of aromatic amines is 1. The van der Waals surface area contributed by atoms with Crippen molar-refractivity contribution in [2.24, 2.45) is 0 Å². The summed E-state index contributed by atoms with van der Waals surface area (Å²) in [6, 6.07) is 0. The van der Waals surface area contributed by atoms with Crippen LogP contribution in [0.5, 0.6) is 0 Å². The molecule has 1 fully saturated rings. The Balaban J connectivity index is 1.56. The number of aryl methyl sites for hydroxylation is 2. The van der Waals surface area contributed by atoms with Crippen LogP contribution in [0.4, 0.5) is 0 Å². The number of nitrogens with zero attached hydrogens (tertiary/aromatic N) is 5. The van der Waals surface area contributed by atoms with Crippen molar-refractivity contribution in [2.45, 2.75) is 45.8 Å². The lowest BCUT2D eigenvalue weighted by Crippen LogP contribution is -2.42. The average Bonchev–Trinajstić information content (AvgIpc) is 3.22. The van der Waals surface area contributed by atoms with Crippen molar-refractivity contribution in [3.8, 4) is 0 Å². The minimum atomic E-state index is -0.241. The van der Waals surface area contributed by atoms with Gasteiger partial charge in [-0.25, -0.2) is 4.98 Å². The zero-order valence-corrected chi connectivity index (χ0v) is 14.4. The molecule has 2 aromatic heterocycles. The Morgan fingerprint density at radius 3 is 3.00 bits per heavy atom. The molecular weight excluding hydrogens is 308 g/mol. The maximum Gasteiger partial charge on any atom is 0.224 e. The van der Waals surface area contributed by atoms with Gasteiger partial charge in [0.15, 0.2) is 11.6 Å². The minimum absolute atomic E-state index is 0.111. The summed E-state index contributed by atoms with van der Waals surface area (Å²) < 4.78 is 7.56. The Morgan fingerprint density at radius 2 is 2.33 bits per heavy atom. The van der Waals surface area contributed by atoms with E-state index in [1.54, 1.807) is 10.9 Å². The molecule has 3 rings (SSSR count). The van der Waals surface area contributed by atoms with Crippen LogP contribution in [0.3, 0.4) is 0 Å². The summed E-state index contributed by atoms with van der Waals surface area (Å²) >= 11 is 0. The van der Waals surface area contributed by atoms with Gasteiger partial charge in [-0.3, -0.25) is 14.6 Å². The molecular formula is C16H24N6O2. The van der Waals surface area contributed by atoms with Crippen molar-refractivity contribution in [3.05, 3.63) is 29.6 Å². The fraction of sp³-hybridized carbons (Fsp3) is 0.625. The average molecular weight is 332 g/mol. The lowest BCUT2D eigenvalue weighted by atomic mass is 10.2. The summed E-state index contributed by atoms with van der Waals surface area (Å²) in [5.74, 6) is 1.83. The molecule has 3 heterocycles. The van der Waals surface area contributed by atoms with Crippen LogP contribution in [0.2, 0.25) is 0 Å². The number of H-pyrrole nitrogens is 1. The number of morpholine rings is 1.